The van der Waals surface area contributed by atoms with Gasteiger partial charge in [0.25, 0.3) is 0 Å². The van der Waals surface area contributed by atoms with E-state index in [2.05, 4.69) is 32.3 Å². The van der Waals surface area contributed by atoms with Gasteiger partial charge in [-0.1, -0.05) is 12.1 Å². The number of fused-ring (bicyclic) bond motifs is 1. The van der Waals surface area contributed by atoms with E-state index >= 15 is 0 Å². The first-order chi connectivity index (χ1) is 8.86. The average molecular weight is 242 g/mol. The van der Waals surface area contributed by atoms with Crippen molar-refractivity contribution in [3.05, 3.63) is 42.4 Å². The minimum atomic E-state index is 0.764. The summed E-state index contributed by atoms with van der Waals surface area (Å²) < 4.78 is 5.15. The number of hydrogen-bond acceptors (Lipinski definition) is 5. The van der Waals surface area contributed by atoms with E-state index in [1.54, 1.807) is 19.6 Å². The van der Waals surface area contributed by atoms with Crippen LogP contribution < -0.4 is 15.0 Å². The molecule has 0 bridgehead atoms. The molecule has 2 heterocycles. The second-order valence-electron chi connectivity index (χ2n) is 4.14. The first kappa shape index (κ1) is 10.8. The highest BCUT2D eigenvalue weighted by molar-refractivity contribution is 5.69. The van der Waals surface area contributed by atoms with Gasteiger partial charge in [0.1, 0.15) is 12.1 Å². The van der Waals surface area contributed by atoms with Crippen LogP contribution in [0.4, 0.5) is 11.5 Å². The summed E-state index contributed by atoms with van der Waals surface area (Å²) >= 11 is 0. The fourth-order valence-corrected chi connectivity index (χ4v) is 2.04. The van der Waals surface area contributed by atoms with E-state index in [0.717, 1.165) is 30.5 Å². The van der Waals surface area contributed by atoms with Crippen LogP contribution in [-0.4, -0.2) is 23.7 Å². The number of nitrogens with one attached hydrogen (secondary N) is 1. The molecule has 1 N–H and O–H groups in total. The molecule has 1 aromatic heterocycles. The van der Waals surface area contributed by atoms with Crippen molar-refractivity contribution in [2.45, 2.75) is 6.54 Å². The molecule has 1 aliphatic rings. The summed E-state index contributed by atoms with van der Waals surface area (Å²) in [6.07, 6.45) is 3.38. The summed E-state index contributed by atoms with van der Waals surface area (Å²) in [6.45, 7) is 1.58. The number of hydrogen-bond donors (Lipinski definition) is 1. The molecule has 0 saturated heterocycles. The molecule has 18 heavy (non-hydrogen) atoms. The highest BCUT2D eigenvalue weighted by atomic mass is 16.5. The summed E-state index contributed by atoms with van der Waals surface area (Å²) in [5.41, 5.74) is 2.22. The molecule has 0 radical (unpaired) electrons. The van der Waals surface area contributed by atoms with Gasteiger partial charge < -0.3 is 15.0 Å². The van der Waals surface area contributed by atoms with Crippen LogP contribution in [0.25, 0.3) is 0 Å². The number of aromatic nitrogens is 2. The predicted octanol–water partition coefficient (Wildman–Crippen LogP) is 1.87. The summed E-state index contributed by atoms with van der Waals surface area (Å²) in [5.74, 6) is 1.84. The molecular formula is C13H14N4O. The molecular weight excluding hydrogens is 228 g/mol. The lowest BCUT2D eigenvalue weighted by Gasteiger charge is -2.16. The Morgan fingerprint density at radius 2 is 2.17 bits per heavy atom. The van der Waals surface area contributed by atoms with Crippen molar-refractivity contribution in [1.29, 1.82) is 0 Å². The lowest BCUT2D eigenvalue weighted by Crippen LogP contribution is -2.22. The number of benzene rings is 1. The van der Waals surface area contributed by atoms with Crippen molar-refractivity contribution in [1.82, 2.24) is 9.97 Å². The van der Waals surface area contributed by atoms with Crippen LogP contribution in [0.3, 0.4) is 0 Å². The molecule has 1 aromatic carbocycles. The summed E-state index contributed by atoms with van der Waals surface area (Å²) in [6, 6.07) is 8.08. The van der Waals surface area contributed by atoms with Crippen LogP contribution in [0.2, 0.25) is 0 Å². The molecule has 3 rings (SSSR count). The fraction of sp³-hybridized carbons (Fsp3) is 0.231. The van der Waals surface area contributed by atoms with Crippen LogP contribution >= 0.6 is 0 Å². The molecule has 0 spiro atoms. The Balaban J connectivity index is 1.77. The van der Waals surface area contributed by atoms with Crippen LogP contribution in [-0.2, 0) is 6.54 Å². The van der Waals surface area contributed by atoms with Gasteiger partial charge in [-0.3, -0.25) is 0 Å². The zero-order valence-corrected chi connectivity index (χ0v) is 10.1. The monoisotopic (exact) mass is 242 g/mol. The van der Waals surface area contributed by atoms with E-state index in [-0.39, 0.29) is 0 Å². The number of methoxy groups -OCH3 is 1. The summed E-state index contributed by atoms with van der Waals surface area (Å²) in [7, 11) is 1.67. The molecule has 92 valence electrons. The second kappa shape index (κ2) is 4.52. The van der Waals surface area contributed by atoms with Gasteiger partial charge in [0.15, 0.2) is 5.82 Å². The quantitative estimate of drug-likeness (QED) is 0.890. The van der Waals surface area contributed by atoms with Crippen molar-refractivity contribution in [2.24, 2.45) is 0 Å². The van der Waals surface area contributed by atoms with E-state index in [4.69, 9.17) is 4.74 Å². The van der Waals surface area contributed by atoms with Crippen molar-refractivity contribution in [3.63, 3.8) is 0 Å². The Bertz CT molecular complexity index is 541. The van der Waals surface area contributed by atoms with Crippen LogP contribution in [0, 0.1) is 0 Å². The maximum Gasteiger partial charge on any atom is 0.157 e. The second-order valence-corrected chi connectivity index (χ2v) is 4.14. The third-order valence-corrected chi connectivity index (χ3v) is 2.98. The predicted molar refractivity (Wildman–Crippen MR) is 69.7 cm³/mol. The molecule has 0 fully saturated rings. The van der Waals surface area contributed by atoms with Crippen molar-refractivity contribution in [2.75, 3.05) is 24.0 Å². The maximum atomic E-state index is 5.15. The summed E-state index contributed by atoms with van der Waals surface area (Å²) in [5, 5.41) is 3.27. The molecule has 0 amide bonds. The smallest absolute Gasteiger partial charge is 0.157 e. The molecule has 5 nitrogen and oxygen atoms in total. The largest absolute Gasteiger partial charge is 0.497 e. The first-order valence-electron chi connectivity index (χ1n) is 5.78. The van der Waals surface area contributed by atoms with Crippen LogP contribution in [0.15, 0.2) is 36.8 Å². The normalized spacial score (nSPS) is 13.1. The van der Waals surface area contributed by atoms with E-state index in [1.807, 2.05) is 12.1 Å². The van der Waals surface area contributed by atoms with Gasteiger partial charge in [-0.05, 0) is 17.7 Å². The lowest BCUT2D eigenvalue weighted by molar-refractivity contribution is 0.414. The lowest BCUT2D eigenvalue weighted by atomic mass is 10.2. The van der Waals surface area contributed by atoms with Gasteiger partial charge in [-0.25, -0.2) is 9.97 Å². The summed E-state index contributed by atoms with van der Waals surface area (Å²) in [4.78, 5) is 10.5. The van der Waals surface area contributed by atoms with E-state index in [0.29, 0.717) is 0 Å². The first-order valence-corrected chi connectivity index (χ1v) is 5.78. The van der Waals surface area contributed by atoms with Crippen molar-refractivity contribution < 1.29 is 4.74 Å². The van der Waals surface area contributed by atoms with E-state index < -0.39 is 0 Å². The Kier molecular flexibility index (Phi) is 2.72. The third-order valence-electron chi connectivity index (χ3n) is 2.98. The van der Waals surface area contributed by atoms with E-state index in [1.165, 1.54) is 5.56 Å². The maximum absolute atomic E-state index is 5.15. The van der Waals surface area contributed by atoms with Gasteiger partial charge >= 0.3 is 0 Å². The molecule has 0 atom stereocenters. The zero-order chi connectivity index (χ0) is 12.4. The SMILES string of the molecule is COc1ccc(CN2CNc3cncnc32)cc1. The van der Waals surface area contributed by atoms with Gasteiger partial charge in [-0.15, -0.1) is 0 Å². The number of anilines is 2. The Morgan fingerprint density at radius 3 is 2.94 bits per heavy atom. The zero-order valence-electron chi connectivity index (χ0n) is 10.1. The topological polar surface area (TPSA) is 50.3 Å². The highest BCUT2D eigenvalue weighted by Crippen LogP contribution is 2.28. The van der Waals surface area contributed by atoms with Crippen molar-refractivity contribution >= 4 is 11.5 Å². The Hall–Kier alpha value is -2.30. The molecule has 0 aliphatic carbocycles. The number of ether oxygens (including phenoxy) is 1. The van der Waals surface area contributed by atoms with Gasteiger partial charge in [-0.2, -0.15) is 0 Å². The third kappa shape index (κ3) is 1.95. The molecule has 5 heteroatoms. The number of nitrogens with zero attached hydrogens (tertiary/aromatic N) is 3. The molecule has 1 aliphatic heterocycles. The van der Waals surface area contributed by atoms with E-state index in [9.17, 15) is 0 Å². The van der Waals surface area contributed by atoms with Gasteiger partial charge in [0.2, 0.25) is 0 Å². The van der Waals surface area contributed by atoms with Crippen molar-refractivity contribution in [3.8, 4) is 5.75 Å². The Labute approximate surface area is 105 Å². The molecule has 0 unspecified atom stereocenters. The van der Waals surface area contributed by atoms with Gasteiger partial charge in [0, 0.05) is 6.54 Å². The fourth-order valence-electron chi connectivity index (χ4n) is 2.04. The van der Waals surface area contributed by atoms with Crippen LogP contribution in [0.5, 0.6) is 5.75 Å². The average Bonchev–Trinajstić information content (AvgIpc) is 2.83. The minimum absolute atomic E-state index is 0.764. The standard InChI is InChI=1S/C13H14N4O/c1-18-11-4-2-10(3-5-11)7-17-9-16-12-6-14-8-15-13(12)17/h2-6,8,16H,7,9H2,1H3. The van der Waals surface area contributed by atoms with Crippen LogP contribution in [0.1, 0.15) is 5.56 Å². The minimum Gasteiger partial charge on any atom is -0.497 e. The molecule has 0 saturated carbocycles. The number of rotatable bonds is 3. The Morgan fingerprint density at radius 1 is 1.33 bits per heavy atom. The highest BCUT2D eigenvalue weighted by Gasteiger charge is 2.19. The van der Waals surface area contributed by atoms with Gasteiger partial charge in [0.05, 0.1) is 25.7 Å². The molecule has 2 aromatic rings.